The van der Waals surface area contributed by atoms with E-state index in [0.717, 1.165) is 22.0 Å². The predicted molar refractivity (Wildman–Crippen MR) is 82.4 cm³/mol. The molecule has 0 bridgehead atoms. The molecule has 1 heterocycles. The van der Waals surface area contributed by atoms with Gasteiger partial charge in [-0.15, -0.1) is 0 Å². The molecule has 0 unspecified atom stereocenters. The summed E-state index contributed by atoms with van der Waals surface area (Å²) in [5.41, 5.74) is 4.82. The standard InChI is InChI=1S/C18H14N2O/c1-11-3-5-14(12(2)7-11)18(21)16-10-20-17-6-4-13(9-19)8-15(16)17/h3-8,10,20H,1-2H3. The molecule has 0 atom stereocenters. The zero-order valence-electron chi connectivity index (χ0n) is 11.9. The van der Waals surface area contributed by atoms with Gasteiger partial charge in [0.15, 0.2) is 5.78 Å². The average molecular weight is 274 g/mol. The van der Waals surface area contributed by atoms with Crippen molar-refractivity contribution in [1.82, 2.24) is 4.98 Å². The number of H-pyrrole nitrogens is 1. The first kappa shape index (κ1) is 13.1. The third-order valence-corrected chi connectivity index (χ3v) is 3.68. The fraction of sp³-hybridized carbons (Fsp3) is 0.111. The highest BCUT2D eigenvalue weighted by Crippen LogP contribution is 2.24. The third-order valence-electron chi connectivity index (χ3n) is 3.68. The number of aromatic nitrogens is 1. The van der Waals surface area contributed by atoms with E-state index in [1.807, 2.05) is 38.1 Å². The molecule has 0 spiro atoms. The van der Waals surface area contributed by atoms with E-state index in [2.05, 4.69) is 11.1 Å². The lowest BCUT2D eigenvalue weighted by Gasteiger charge is -2.05. The second-order valence-electron chi connectivity index (χ2n) is 5.22. The molecule has 1 aromatic heterocycles. The molecule has 3 heteroatoms. The van der Waals surface area contributed by atoms with Crippen LogP contribution >= 0.6 is 0 Å². The minimum absolute atomic E-state index is 0.0196. The Morgan fingerprint density at radius 1 is 1.10 bits per heavy atom. The number of fused-ring (bicyclic) bond motifs is 1. The molecule has 2 aromatic carbocycles. The third kappa shape index (κ3) is 2.21. The van der Waals surface area contributed by atoms with Crippen molar-refractivity contribution in [3.05, 3.63) is 70.4 Å². The molecule has 0 aliphatic carbocycles. The number of hydrogen-bond donors (Lipinski definition) is 1. The number of aromatic amines is 1. The first-order chi connectivity index (χ1) is 10.1. The maximum Gasteiger partial charge on any atom is 0.195 e. The van der Waals surface area contributed by atoms with Crippen LogP contribution in [-0.4, -0.2) is 10.8 Å². The number of carbonyl (C=O) groups excluding carboxylic acids is 1. The van der Waals surface area contributed by atoms with Gasteiger partial charge in [0.25, 0.3) is 0 Å². The van der Waals surface area contributed by atoms with Crippen LogP contribution in [0.15, 0.2) is 42.6 Å². The van der Waals surface area contributed by atoms with Gasteiger partial charge in [-0.25, -0.2) is 0 Å². The Balaban J connectivity index is 2.16. The minimum atomic E-state index is -0.0196. The Bertz CT molecular complexity index is 897. The molecule has 0 aliphatic rings. The summed E-state index contributed by atoms with van der Waals surface area (Å²) in [6.07, 6.45) is 1.72. The number of carbonyl (C=O) groups is 1. The van der Waals surface area contributed by atoms with E-state index in [1.165, 1.54) is 0 Å². The number of nitriles is 1. The van der Waals surface area contributed by atoms with Gasteiger partial charge in [0.05, 0.1) is 11.6 Å². The predicted octanol–water partition coefficient (Wildman–Crippen LogP) is 3.89. The van der Waals surface area contributed by atoms with Gasteiger partial charge in [-0.1, -0.05) is 23.8 Å². The molecule has 0 saturated heterocycles. The van der Waals surface area contributed by atoms with Crippen LogP contribution in [0, 0.1) is 25.2 Å². The molecule has 3 rings (SSSR count). The summed E-state index contributed by atoms with van der Waals surface area (Å²) in [4.78, 5) is 15.8. The van der Waals surface area contributed by atoms with Crippen LogP contribution in [0.1, 0.15) is 32.6 Å². The van der Waals surface area contributed by atoms with E-state index in [1.54, 1.807) is 18.3 Å². The number of ketones is 1. The molecule has 3 aromatic rings. The lowest BCUT2D eigenvalue weighted by atomic mass is 9.97. The SMILES string of the molecule is Cc1ccc(C(=O)c2c[nH]c3ccc(C#N)cc23)c(C)c1. The first-order valence-corrected chi connectivity index (χ1v) is 6.73. The fourth-order valence-corrected chi connectivity index (χ4v) is 2.59. The van der Waals surface area contributed by atoms with Gasteiger partial charge in [-0.2, -0.15) is 5.26 Å². The Labute approximate surface area is 122 Å². The van der Waals surface area contributed by atoms with E-state index in [-0.39, 0.29) is 5.78 Å². The Hall–Kier alpha value is -2.86. The molecule has 1 N–H and O–H groups in total. The maximum atomic E-state index is 12.8. The summed E-state index contributed by atoms with van der Waals surface area (Å²) in [6.45, 7) is 3.95. The van der Waals surface area contributed by atoms with Crippen LogP contribution in [0.25, 0.3) is 10.9 Å². The Morgan fingerprint density at radius 3 is 2.62 bits per heavy atom. The summed E-state index contributed by atoms with van der Waals surface area (Å²) >= 11 is 0. The van der Waals surface area contributed by atoms with Crippen molar-refractivity contribution in [3.63, 3.8) is 0 Å². The number of nitrogens with zero attached hydrogens (tertiary/aromatic N) is 1. The molecule has 0 saturated carbocycles. The van der Waals surface area contributed by atoms with Crippen LogP contribution in [0.5, 0.6) is 0 Å². The van der Waals surface area contributed by atoms with E-state index >= 15 is 0 Å². The molecule has 0 fully saturated rings. The highest BCUT2D eigenvalue weighted by atomic mass is 16.1. The van der Waals surface area contributed by atoms with Crippen LogP contribution in [-0.2, 0) is 0 Å². The van der Waals surface area contributed by atoms with Gasteiger partial charge in [0.1, 0.15) is 0 Å². The van der Waals surface area contributed by atoms with Crippen LogP contribution in [0.4, 0.5) is 0 Å². The van der Waals surface area contributed by atoms with E-state index < -0.39 is 0 Å². The summed E-state index contributed by atoms with van der Waals surface area (Å²) in [6, 6.07) is 13.2. The van der Waals surface area contributed by atoms with E-state index in [0.29, 0.717) is 16.7 Å². The number of nitrogens with one attached hydrogen (secondary N) is 1. The summed E-state index contributed by atoms with van der Waals surface area (Å²) < 4.78 is 0. The van der Waals surface area contributed by atoms with Crippen molar-refractivity contribution in [2.75, 3.05) is 0 Å². The lowest BCUT2D eigenvalue weighted by molar-refractivity contribution is 0.104. The van der Waals surface area contributed by atoms with Crippen LogP contribution in [0.3, 0.4) is 0 Å². The summed E-state index contributed by atoms with van der Waals surface area (Å²) in [7, 11) is 0. The highest BCUT2D eigenvalue weighted by molar-refractivity contribution is 6.17. The van der Waals surface area contributed by atoms with Crippen molar-refractivity contribution >= 4 is 16.7 Å². The van der Waals surface area contributed by atoms with Gasteiger partial charge in [0.2, 0.25) is 0 Å². The smallest absolute Gasteiger partial charge is 0.195 e. The van der Waals surface area contributed by atoms with Gasteiger partial charge < -0.3 is 4.98 Å². The summed E-state index contributed by atoms with van der Waals surface area (Å²) in [5, 5.41) is 9.80. The molecule has 0 amide bonds. The van der Waals surface area contributed by atoms with Gasteiger partial charge in [-0.05, 0) is 37.6 Å². The molecular weight excluding hydrogens is 260 g/mol. The number of rotatable bonds is 2. The van der Waals surface area contributed by atoms with Gasteiger partial charge >= 0.3 is 0 Å². The Kier molecular flexibility index (Phi) is 3.08. The van der Waals surface area contributed by atoms with Gasteiger partial charge in [0, 0.05) is 28.2 Å². The zero-order chi connectivity index (χ0) is 15.0. The maximum absolute atomic E-state index is 12.8. The van der Waals surface area contributed by atoms with Gasteiger partial charge in [-0.3, -0.25) is 4.79 Å². The quantitative estimate of drug-likeness (QED) is 0.721. The van der Waals surface area contributed by atoms with Crippen molar-refractivity contribution in [3.8, 4) is 6.07 Å². The Morgan fingerprint density at radius 2 is 1.90 bits per heavy atom. The highest BCUT2D eigenvalue weighted by Gasteiger charge is 2.16. The lowest BCUT2D eigenvalue weighted by Crippen LogP contribution is -2.03. The normalized spacial score (nSPS) is 10.5. The molecule has 21 heavy (non-hydrogen) atoms. The van der Waals surface area contributed by atoms with Crippen LogP contribution in [0.2, 0.25) is 0 Å². The second-order valence-corrected chi connectivity index (χ2v) is 5.22. The van der Waals surface area contributed by atoms with Crippen molar-refractivity contribution in [2.45, 2.75) is 13.8 Å². The topological polar surface area (TPSA) is 56.6 Å². The van der Waals surface area contributed by atoms with Crippen LogP contribution < -0.4 is 0 Å². The average Bonchev–Trinajstić information content (AvgIpc) is 2.89. The van der Waals surface area contributed by atoms with Crippen molar-refractivity contribution in [2.24, 2.45) is 0 Å². The molecule has 3 nitrogen and oxygen atoms in total. The first-order valence-electron chi connectivity index (χ1n) is 6.73. The minimum Gasteiger partial charge on any atom is -0.360 e. The van der Waals surface area contributed by atoms with E-state index in [4.69, 9.17) is 5.26 Å². The fourth-order valence-electron chi connectivity index (χ4n) is 2.59. The van der Waals surface area contributed by atoms with Crippen molar-refractivity contribution in [1.29, 1.82) is 5.26 Å². The monoisotopic (exact) mass is 274 g/mol. The zero-order valence-corrected chi connectivity index (χ0v) is 11.9. The second kappa shape index (κ2) is 4.92. The van der Waals surface area contributed by atoms with E-state index in [9.17, 15) is 4.79 Å². The van der Waals surface area contributed by atoms with Crippen molar-refractivity contribution < 1.29 is 4.79 Å². The number of benzene rings is 2. The number of hydrogen-bond acceptors (Lipinski definition) is 2. The molecule has 0 radical (unpaired) electrons. The number of aryl methyl sites for hydroxylation is 2. The largest absolute Gasteiger partial charge is 0.360 e. The molecular formula is C18H14N2O. The molecule has 0 aliphatic heterocycles. The summed E-state index contributed by atoms with van der Waals surface area (Å²) in [5.74, 6) is -0.0196. The molecule has 102 valence electrons.